The van der Waals surface area contributed by atoms with Gasteiger partial charge in [0, 0.05) is 50.6 Å². The number of pyridine rings is 3. The predicted octanol–water partition coefficient (Wildman–Crippen LogP) is 10.3. The number of aromatic nitrogens is 5. The summed E-state index contributed by atoms with van der Waals surface area (Å²) >= 11 is 0. The molecule has 12 rings (SSSR count). The summed E-state index contributed by atoms with van der Waals surface area (Å²) in [6, 6.07) is 47.6. The Kier molecular flexibility index (Phi) is 5.96. The molecule has 258 valence electrons. The maximum atomic E-state index is 9.89. The molecule has 1 spiro atoms. The van der Waals surface area contributed by atoms with Gasteiger partial charge in [-0.05, 0) is 84.4 Å². The minimum atomic E-state index is -0.910. The SMILES string of the molecule is N#Cc1ccc2c(c1)c1ccccc1n2-c1cnc2c(c1)C1(c3ccccc3Oc3cccc(-n4c5ccc(C#N)cc5c5ccncc54)c31)c1cccnc1-2. The van der Waals surface area contributed by atoms with Crippen molar-refractivity contribution in [3.63, 3.8) is 0 Å². The first kappa shape index (κ1) is 30.4. The number of ether oxygens (including phenoxy) is 1. The minimum absolute atomic E-state index is 0.592. The van der Waals surface area contributed by atoms with E-state index in [1.165, 1.54) is 0 Å². The first-order chi connectivity index (χ1) is 27.7. The Bertz CT molecular complexity index is 3450. The molecule has 0 amide bonds. The predicted molar refractivity (Wildman–Crippen MR) is 215 cm³/mol. The number of rotatable bonds is 2. The molecule has 6 heterocycles. The highest BCUT2D eigenvalue weighted by molar-refractivity contribution is 6.11. The van der Waals surface area contributed by atoms with Crippen LogP contribution in [-0.4, -0.2) is 24.1 Å². The van der Waals surface area contributed by atoms with E-state index in [0.29, 0.717) is 11.1 Å². The number of nitrogens with zero attached hydrogens (tertiary/aromatic N) is 7. The molecule has 5 aromatic carbocycles. The van der Waals surface area contributed by atoms with Gasteiger partial charge in [-0.3, -0.25) is 15.0 Å². The van der Waals surface area contributed by atoms with Crippen LogP contribution in [0.15, 0.2) is 152 Å². The Labute approximate surface area is 319 Å². The zero-order valence-corrected chi connectivity index (χ0v) is 29.5. The molecule has 1 atom stereocenters. The molecule has 1 aliphatic carbocycles. The van der Waals surface area contributed by atoms with Gasteiger partial charge in [0.05, 0.1) is 85.9 Å². The Hall–Kier alpha value is -8.07. The maximum Gasteiger partial charge on any atom is 0.134 e. The summed E-state index contributed by atoms with van der Waals surface area (Å²) in [5.74, 6) is 1.48. The third-order valence-corrected chi connectivity index (χ3v) is 11.6. The van der Waals surface area contributed by atoms with Gasteiger partial charge in [0.2, 0.25) is 0 Å². The second-order valence-electron chi connectivity index (χ2n) is 14.3. The van der Waals surface area contributed by atoms with E-state index in [4.69, 9.17) is 14.7 Å². The van der Waals surface area contributed by atoms with Crippen LogP contribution in [0.3, 0.4) is 0 Å². The third-order valence-electron chi connectivity index (χ3n) is 11.6. The van der Waals surface area contributed by atoms with Crippen molar-refractivity contribution < 1.29 is 4.74 Å². The standard InChI is InChI=1S/C48H25N7O/c49-24-28-14-16-39-33(21-28)31-7-1-3-10-38(31)54(39)30-23-37-47(53-26-30)46-36(9-6-19-52-46)48(37)35-8-2-4-12-43(35)56-44-13-5-11-41(45(44)48)55-40-17-15-29(25-50)22-34(40)32-18-20-51-27-42(32)55/h1-23,26-27H. The van der Waals surface area contributed by atoms with Crippen molar-refractivity contribution in [3.8, 4) is 46.4 Å². The van der Waals surface area contributed by atoms with E-state index in [-0.39, 0.29) is 0 Å². The summed E-state index contributed by atoms with van der Waals surface area (Å²) in [6.45, 7) is 0. The summed E-state index contributed by atoms with van der Waals surface area (Å²) in [5, 5.41) is 23.7. The zero-order chi connectivity index (χ0) is 37.1. The van der Waals surface area contributed by atoms with E-state index in [9.17, 15) is 10.5 Å². The van der Waals surface area contributed by atoms with Crippen LogP contribution in [0.4, 0.5) is 0 Å². The van der Waals surface area contributed by atoms with E-state index in [1.807, 2.05) is 104 Å². The Balaban J connectivity index is 1.23. The molecule has 0 saturated carbocycles. The van der Waals surface area contributed by atoms with Crippen LogP contribution in [0.25, 0.3) is 66.4 Å². The first-order valence-corrected chi connectivity index (χ1v) is 18.3. The lowest BCUT2D eigenvalue weighted by molar-refractivity contribution is 0.435. The number of hydrogen-bond acceptors (Lipinski definition) is 6. The smallest absolute Gasteiger partial charge is 0.134 e. The van der Waals surface area contributed by atoms with Crippen LogP contribution in [0.5, 0.6) is 11.5 Å². The average Bonchev–Trinajstić information content (AvgIpc) is 3.87. The van der Waals surface area contributed by atoms with Gasteiger partial charge in [0.25, 0.3) is 0 Å². The van der Waals surface area contributed by atoms with Crippen LogP contribution in [0, 0.1) is 22.7 Å². The summed E-state index contributed by atoms with van der Waals surface area (Å²) in [7, 11) is 0. The lowest BCUT2D eigenvalue weighted by atomic mass is 9.65. The van der Waals surface area contributed by atoms with Crippen molar-refractivity contribution in [2.24, 2.45) is 0 Å². The Morgan fingerprint density at radius 1 is 0.518 bits per heavy atom. The zero-order valence-electron chi connectivity index (χ0n) is 29.5. The van der Waals surface area contributed by atoms with Gasteiger partial charge < -0.3 is 13.9 Å². The summed E-state index contributed by atoms with van der Waals surface area (Å²) in [6.07, 6.45) is 7.46. The molecule has 5 aromatic heterocycles. The van der Waals surface area contributed by atoms with E-state index in [0.717, 1.165) is 100 Å². The topological polar surface area (TPSA) is 105 Å². The molecule has 1 aliphatic heterocycles. The molecule has 0 bridgehead atoms. The fourth-order valence-electron chi connectivity index (χ4n) is 9.46. The van der Waals surface area contributed by atoms with E-state index in [2.05, 4.69) is 68.7 Å². The summed E-state index contributed by atoms with van der Waals surface area (Å²) in [5.41, 5.74) is 11.5. The van der Waals surface area contributed by atoms with Gasteiger partial charge in [-0.25, -0.2) is 0 Å². The quantitative estimate of drug-likeness (QED) is 0.176. The number of fused-ring (bicyclic) bond motifs is 15. The molecule has 0 fully saturated rings. The summed E-state index contributed by atoms with van der Waals surface area (Å²) in [4.78, 5) is 14.9. The molecule has 10 aromatic rings. The first-order valence-electron chi connectivity index (χ1n) is 18.3. The van der Waals surface area contributed by atoms with Crippen LogP contribution in [0.2, 0.25) is 0 Å². The number of nitriles is 2. The molecule has 0 N–H and O–H groups in total. The van der Waals surface area contributed by atoms with Gasteiger partial charge in [0.15, 0.2) is 0 Å². The molecule has 2 aliphatic rings. The normalized spacial score (nSPS) is 15.0. The molecule has 0 saturated heterocycles. The largest absolute Gasteiger partial charge is 0.457 e. The second kappa shape index (κ2) is 11.0. The summed E-state index contributed by atoms with van der Waals surface area (Å²) < 4.78 is 11.4. The van der Waals surface area contributed by atoms with Crippen LogP contribution < -0.4 is 4.74 Å². The fraction of sp³-hybridized carbons (Fsp3) is 0.0208. The molecule has 8 nitrogen and oxygen atoms in total. The van der Waals surface area contributed by atoms with Gasteiger partial charge in [-0.1, -0.05) is 48.5 Å². The second-order valence-corrected chi connectivity index (χ2v) is 14.3. The van der Waals surface area contributed by atoms with Gasteiger partial charge in [-0.15, -0.1) is 0 Å². The van der Waals surface area contributed by atoms with Crippen molar-refractivity contribution in [1.82, 2.24) is 24.1 Å². The molecule has 56 heavy (non-hydrogen) atoms. The molecule has 0 radical (unpaired) electrons. The van der Waals surface area contributed by atoms with E-state index < -0.39 is 5.41 Å². The van der Waals surface area contributed by atoms with Crippen LogP contribution >= 0.6 is 0 Å². The van der Waals surface area contributed by atoms with Crippen LogP contribution in [0.1, 0.15) is 33.4 Å². The highest BCUT2D eigenvalue weighted by Crippen LogP contribution is 2.63. The number of benzene rings is 5. The van der Waals surface area contributed by atoms with Crippen molar-refractivity contribution in [2.75, 3.05) is 0 Å². The van der Waals surface area contributed by atoms with Crippen molar-refractivity contribution in [2.45, 2.75) is 5.41 Å². The average molecular weight is 716 g/mol. The molecule has 8 heteroatoms. The lowest BCUT2D eigenvalue weighted by Gasteiger charge is -2.40. The van der Waals surface area contributed by atoms with Crippen LogP contribution in [-0.2, 0) is 5.41 Å². The van der Waals surface area contributed by atoms with Crippen molar-refractivity contribution in [1.29, 1.82) is 10.5 Å². The van der Waals surface area contributed by atoms with Crippen molar-refractivity contribution in [3.05, 3.63) is 186 Å². The Morgan fingerprint density at radius 2 is 1.21 bits per heavy atom. The number of hydrogen-bond donors (Lipinski definition) is 0. The molecular weight excluding hydrogens is 691 g/mol. The van der Waals surface area contributed by atoms with Crippen molar-refractivity contribution >= 4 is 43.6 Å². The lowest BCUT2D eigenvalue weighted by Crippen LogP contribution is -2.33. The fourth-order valence-corrected chi connectivity index (χ4v) is 9.46. The molecule has 1 unspecified atom stereocenters. The van der Waals surface area contributed by atoms with Gasteiger partial charge >= 0.3 is 0 Å². The monoisotopic (exact) mass is 715 g/mol. The molecular formula is C48H25N7O. The third kappa shape index (κ3) is 3.76. The van der Waals surface area contributed by atoms with E-state index >= 15 is 0 Å². The highest BCUT2D eigenvalue weighted by atomic mass is 16.5. The Morgan fingerprint density at radius 3 is 2.05 bits per heavy atom. The van der Waals surface area contributed by atoms with E-state index in [1.54, 1.807) is 6.20 Å². The van der Waals surface area contributed by atoms with Gasteiger partial charge in [0.1, 0.15) is 11.5 Å². The highest BCUT2D eigenvalue weighted by Gasteiger charge is 2.54. The number of para-hydroxylation sites is 2. The maximum absolute atomic E-state index is 9.89. The van der Waals surface area contributed by atoms with Gasteiger partial charge in [-0.2, -0.15) is 10.5 Å². The minimum Gasteiger partial charge on any atom is -0.457 e.